The number of amides is 1. The molecule has 1 rings (SSSR count). The van der Waals surface area contributed by atoms with E-state index in [-0.39, 0.29) is 43.8 Å². The number of rotatable bonds is 15. The van der Waals surface area contributed by atoms with E-state index in [2.05, 4.69) is 10.4 Å². The highest BCUT2D eigenvalue weighted by Crippen LogP contribution is 2.45. The van der Waals surface area contributed by atoms with Crippen molar-refractivity contribution in [2.75, 3.05) is 13.2 Å². The number of aliphatic carboxylic acids is 1. The van der Waals surface area contributed by atoms with E-state index >= 15 is 0 Å². The SMILES string of the molecule is CC(C)COP(=O)(N[C@@H](Cc1ccccc1)C(=O)N[C@@H](CC(C)C)C(=O)O)OCC(C)C. The van der Waals surface area contributed by atoms with Gasteiger partial charge < -0.3 is 10.4 Å². The third kappa shape index (κ3) is 11.2. The van der Waals surface area contributed by atoms with Gasteiger partial charge >= 0.3 is 13.7 Å². The first-order valence-electron chi connectivity index (χ1n) is 11.2. The summed E-state index contributed by atoms with van der Waals surface area (Å²) in [6, 6.07) is 7.18. The number of benzene rings is 1. The van der Waals surface area contributed by atoms with Crippen molar-refractivity contribution in [3.05, 3.63) is 35.9 Å². The minimum absolute atomic E-state index is 0.0757. The minimum Gasteiger partial charge on any atom is -0.480 e. The van der Waals surface area contributed by atoms with Crippen molar-refractivity contribution < 1.29 is 28.3 Å². The van der Waals surface area contributed by atoms with Crippen molar-refractivity contribution >= 4 is 19.6 Å². The first kappa shape index (κ1) is 28.3. The van der Waals surface area contributed by atoms with Gasteiger partial charge in [-0.25, -0.2) is 14.4 Å². The van der Waals surface area contributed by atoms with Gasteiger partial charge in [0.2, 0.25) is 5.91 Å². The van der Waals surface area contributed by atoms with Gasteiger partial charge in [-0.1, -0.05) is 71.9 Å². The van der Waals surface area contributed by atoms with Crippen LogP contribution >= 0.6 is 7.75 Å². The Morgan fingerprint density at radius 2 is 1.44 bits per heavy atom. The van der Waals surface area contributed by atoms with E-state index in [1.807, 2.05) is 71.9 Å². The fourth-order valence-electron chi connectivity index (χ4n) is 2.81. The molecule has 0 spiro atoms. The second-order valence-corrected chi connectivity index (χ2v) is 11.0. The molecule has 8 nitrogen and oxygen atoms in total. The Morgan fingerprint density at radius 1 is 0.906 bits per heavy atom. The average Bonchev–Trinajstić information content (AvgIpc) is 2.70. The molecule has 0 aromatic heterocycles. The maximum Gasteiger partial charge on any atom is 0.406 e. The van der Waals surface area contributed by atoms with E-state index in [1.54, 1.807) is 0 Å². The largest absolute Gasteiger partial charge is 0.480 e. The molecule has 0 aliphatic carbocycles. The zero-order valence-corrected chi connectivity index (χ0v) is 20.9. The molecule has 182 valence electrons. The first-order chi connectivity index (χ1) is 14.9. The molecule has 0 fully saturated rings. The average molecular weight is 471 g/mol. The molecule has 0 aliphatic rings. The predicted octanol–water partition coefficient (Wildman–Crippen LogP) is 4.26. The molecular weight excluding hydrogens is 431 g/mol. The van der Waals surface area contributed by atoms with Crippen LogP contribution in [0.15, 0.2) is 30.3 Å². The maximum atomic E-state index is 13.5. The number of hydrogen-bond acceptors (Lipinski definition) is 5. The Kier molecular flexibility index (Phi) is 12.1. The van der Waals surface area contributed by atoms with E-state index < -0.39 is 31.7 Å². The number of hydrogen-bond donors (Lipinski definition) is 3. The summed E-state index contributed by atoms with van der Waals surface area (Å²) in [6.07, 6.45) is 0.477. The highest BCUT2D eigenvalue weighted by molar-refractivity contribution is 7.51. The van der Waals surface area contributed by atoms with Crippen LogP contribution < -0.4 is 10.4 Å². The lowest BCUT2D eigenvalue weighted by molar-refractivity contribution is -0.142. The Morgan fingerprint density at radius 3 is 1.88 bits per heavy atom. The van der Waals surface area contributed by atoms with Crippen molar-refractivity contribution in [2.45, 2.75) is 66.5 Å². The van der Waals surface area contributed by atoms with Crippen LogP contribution in [0.3, 0.4) is 0 Å². The van der Waals surface area contributed by atoms with Gasteiger partial charge in [-0.15, -0.1) is 0 Å². The van der Waals surface area contributed by atoms with Crippen LogP contribution in [-0.4, -0.2) is 42.3 Å². The van der Waals surface area contributed by atoms with Gasteiger partial charge in [-0.2, -0.15) is 0 Å². The molecule has 1 aromatic carbocycles. The Labute approximate surface area is 192 Å². The van der Waals surface area contributed by atoms with Crippen LogP contribution in [0.2, 0.25) is 0 Å². The van der Waals surface area contributed by atoms with Crippen LogP contribution in [-0.2, 0) is 29.6 Å². The molecule has 1 aromatic rings. The topological polar surface area (TPSA) is 114 Å². The van der Waals surface area contributed by atoms with Gasteiger partial charge in [-0.3, -0.25) is 13.8 Å². The lowest BCUT2D eigenvalue weighted by Crippen LogP contribution is -2.51. The summed E-state index contributed by atoms with van der Waals surface area (Å²) in [5.74, 6) is -1.38. The van der Waals surface area contributed by atoms with Crippen molar-refractivity contribution in [3.63, 3.8) is 0 Å². The quantitative estimate of drug-likeness (QED) is 0.328. The number of carbonyl (C=O) groups is 2. The lowest BCUT2D eigenvalue weighted by atomic mass is 10.0. The molecule has 0 bridgehead atoms. The summed E-state index contributed by atoms with van der Waals surface area (Å²) in [4.78, 5) is 24.8. The second kappa shape index (κ2) is 13.7. The van der Waals surface area contributed by atoms with Gasteiger partial charge in [0, 0.05) is 0 Å². The summed E-state index contributed by atoms with van der Waals surface area (Å²) < 4.78 is 24.7. The molecule has 32 heavy (non-hydrogen) atoms. The van der Waals surface area contributed by atoms with Crippen molar-refractivity contribution in [3.8, 4) is 0 Å². The van der Waals surface area contributed by atoms with Crippen LogP contribution in [0.5, 0.6) is 0 Å². The number of carboxylic acids is 1. The Bertz CT molecular complexity index is 738. The molecule has 1 amide bonds. The highest BCUT2D eigenvalue weighted by Gasteiger charge is 2.34. The standard InChI is InChI=1S/C23H39N2O6P/c1-16(2)12-21(23(27)28)24-22(26)20(13-19-10-8-7-9-11-19)25-32(29,30-14-17(3)4)31-15-18(5)6/h7-11,16-18,20-21H,12-15H2,1-6H3,(H,24,26)(H,25,29)(H,27,28)/t20-,21-/m0/s1. The fourth-order valence-corrected chi connectivity index (χ4v) is 4.61. The molecule has 9 heteroatoms. The predicted molar refractivity (Wildman–Crippen MR) is 125 cm³/mol. The van der Waals surface area contributed by atoms with Crippen molar-refractivity contribution in [2.24, 2.45) is 17.8 Å². The van der Waals surface area contributed by atoms with Crippen LogP contribution in [0.4, 0.5) is 0 Å². The molecule has 3 N–H and O–H groups in total. The van der Waals surface area contributed by atoms with Crippen molar-refractivity contribution in [1.82, 2.24) is 10.4 Å². The zero-order chi connectivity index (χ0) is 24.3. The van der Waals surface area contributed by atoms with E-state index in [0.717, 1.165) is 5.56 Å². The minimum atomic E-state index is -3.83. The Hall–Kier alpha value is -1.73. The lowest BCUT2D eigenvalue weighted by Gasteiger charge is -2.27. The molecule has 0 saturated carbocycles. The van der Waals surface area contributed by atoms with Gasteiger partial charge in [0.1, 0.15) is 12.1 Å². The highest BCUT2D eigenvalue weighted by atomic mass is 31.2. The third-order valence-corrected chi connectivity index (χ3v) is 6.00. The molecular formula is C23H39N2O6P. The van der Waals surface area contributed by atoms with E-state index in [1.165, 1.54) is 0 Å². The first-order valence-corrected chi connectivity index (χ1v) is 12.7. The normalized spacial score (nSPS) is 14.0. The number of carboxylic acid groups (broad SMARTS) is 1. The van der Waals surface area contributed by atoms with Gasteiger partial charge in [0.25, 0.3) is 0 Å². The van der Waals surface area contributed by atoms with Gasteiger partial charge in [0.05, 0.1) is 13.2 Å². The summed E-state index contributed by atoms with van der Waals surface area (Å²) in [5.41, 5.74) is 0.829. The van der Waals surface area contributed by atoms with Crippen molar-refractivity contribution in [1.29, 1.82) is 0 Å². The smallest absolute Gasteiger partial charge is 0.406 e. The van der Waals surface area contributed by atoms with Crippen LogP contribution in [0.1, 0.15) is 53.5 Å². The summed E-state index contributed by atoms with van der Waals surface area (Å²) in [6.45, 7) is 11.8. The monoisotopic (exact) mass is 470 g/mol. The molecule has 0 unspecified atom stereocenters. The van der Waals surface area contributed by atoms with Crippen LogP contribution in [0.25, 0.3) is 0 Å². The molecule has 2 atom stereocenters. The summed E-state index contributed by atoms with van der Waals surface area (Å²) in [7, 11) is -3.83. The van der Waals surface area contributed by atoms with Gasteiger partial charge in [0.15, 0.2) is 0 Å². The van der Waals surface area contributed by atoms with E-state index in [0.29, 0.717) is 0 Å². The van der Waals surface area contributed by atoms with E-state index in [9.17, 15) is 19.3 Å². The summed E-state index contributed by atoms with van der Waals surface area (Å²) in [5, 5.41) is 14.9. The third-order valence-electron chi connectivity index (χ3n) is 4.39. The molecule has 0 heterocycles. The molecule has 0 aliphatic heterocycles. The maximum absolute atomic E-state index is 13.5. The fraction of sp³-hybridized carbons (Fsp3) is 0.652. The molecule has 0 radical (unpaired) electrons. The summed E-state index contributed by atoms with van der Waals surface area (Å²) >= 11 is 0. The molecule has 0 saturated heterocycles. The zero-order valence-electron chi connectivity index (χ0n) is 20.0. The number of nitrogens with one attached hydrogen (secondary N) is 2. The van der Waals surface area contributed by atoms with Crippen LogP contribution in [0, 0.1) is 17.8 Å². The Balaban J connectivity index is 3.14. The van der Waals surface area contributed by atoms with Gasteiger partial charge in [-0.05, 0) is 36.2 Å². The van der Waals surface area contributed by atoms with E-state index in [4.69, 9.17) is 9.05 Å². The second-order valence-electron chi connectivity index (χ2n) is 9.28. The number of carbonyl (C=O) groups excluding carboxylic acids is 1.